The number of hydrogen-bond donors (Lipinski definition) is 1. The molecule has 1 aromatic carbocycles. The number of benzene rings is 1. The second-order valence-electron chi connectivity index (χ2n) is 6.32. The van der Waals surface area contributed by atoms with Gasteiger partial charge in [-0.05, 0) is 24.6 Å². The summed E-state index contributed by atoms with van der Waals surface area (Å²) in [7, 11) is 0. The van der Waals surface area contributed by atoms with E-state index < -0.39 is 0 Å². The minimum atomic E-state index is -0.139. The molecule has 0 unspecified atom stereocenters. The summed E-state index contributed by atoms with van der Waals surface area (Å²) in [5.41, 5.74) is 1.55. The third kappa shape index (κ3) is 4.64. The minimum Gasteiger partial charge on any atom is -0.368 e. The Morgan fingerprint density at radius 2 is 1.92 bits per heavy atom. The summed E-state index contributed by atoms with van der Waals surface area (Å²) >= 11 is 6.09. The number of nitrogens with zero attached hydrogens (tertiary/aromatic N) is 4. The van der Waals surface area contributed by atoms with Gasteiger partial charge in [-0.25, -0.2) is 9.97 Å². The second kappa shape index (κ2) is 8.85. The van der Waals surface area contributed by atoms with E-state index in [2.05, 4.69) is 38.1 Å². The van der Waals surface area contributed by atoms with Crippen molar-refractivity contribution in [2.75, 3.05) is 42.5 Å². The van der Waals surface area contributed by atoms with Crippen molar-refractivity contribution in [3.63, 3.8) is 0 Å². The van der Waals surface area contributed by atoms with Gasteiger partial charge in [-0.3, -0.25) is 4.79 Å². The van der Waals surface area contributed by atoms with E-state index in [1.54, 1.807) is 6.07 Å². The number of piperazine rings is 1. The van der Waals surface area contributed by atoms with Crippen LogP contribution in [0.15, 0.2) is 36.7 Å². The zero-order chi connectivity index (χ0) is 18.4. The Morgan fingerprint density at radius 3 is 2.65 bits per heavy atom. The monoisotopic (exact) mass is 373 g/mol. The Labute approximate surface area is 159 Å². The highest BCUT2D eigenvalue weighted by molar-refractivity contribution is 6.30. The molecule has 0 saturated carbocycles. The van der Waals surface area contributed by atoms with E-state index >= 15 is 0 Å². The number of nitrogens with one attached hydrogen (secondary N) is 1. The molecule has 7 heteroatoms. The number of carbonyl (C=O) groups is 1. The fourth-order valence-corrected chi connectivity index (χ4v) is 3.16. The highest BCUT2D eigenvalue weighted by Gasteiger charge is 2.19. The van der Waals surface area contributed by atoms with E-state index in [-0.39, 0.29) is 5.91 Å². The first-order chi connectivity index (χ1) is 12.7. The summed E-state index contributed by atoms with van der Waals surface area (Å²) in [5, 5.41) is 3.64. The van der Waals surface area contributed by atoms with Crippen molar-refractivity contribution in [3.05, 3.63) is 47.4 Å². The largest absolute Gasteiger partial charge is 0.368 e. The van der Waals surface area contributed by atoms with Gasteiger partial charge >= 0.3 is 0 Å². The van der Waals surface area contributed by atoms with Gasteiger partial charge in [-0.15, -0.1) is 0 Å². The maximum absolute atomic E-state index is 12.2. The van der Waals surface area contributed by atoms with E-state index in [9.17, 15) is 4.79 Å². The van der Waals surface area contributed by atoms with Crippen molar-refractivity contribution in [3.8, 4) is 0 Å². The van der Waals surface area contributed by atoms with Gasteiger partial charge in [0.2, 0.25) is 0 Å². The SMILES string of the molecule is CCCCNC(=O)c1cc(N2CCN(c3cccc(Cl)c3)CC2)ncn1. The highest BCUT2D eigenvalue weighted by atomic mass is 35.5. The molecule has 2 aromatic rings. The fraction of sp³-hybridized carbons (Fsp3) is 0.421. The maximum Gasteiger partial charge on any atom is 0.270 e. The minimum absolute atomic E-state index is 0.139. The number of amides is 1. The molecule has 1 aliphatic rings. The number of anilines is 2. The first-order valence-corrected chi connectivity index (χ1v) is 9.41. The van der Waals surface area contributed by atoms with E-state index in [1.165, 1.54) is 6.33 Å². The first-order valence-electron chi connectivity index (χ1n) is 9.03. The molecule has 138 valence electrons. The van der Waals surface area contributed by atoms with Crippen molar-refractivity contribution in [2.24, 2.45) is 0 Å². The van der Waals surface area contributed by atoms with Crippen LogP contribution < -0.4 is 15.1 Å². The van der Waals surface area contributed by atoms with Crippen LogP contribution >= 0.6 is 11.6 Å². The average molecular weight is 374 g/mol. The van der Waals surface area contributed by atoms with E-state index in [0.717, 1.165) is 55.5 Å². The Hall–Kier alpha value is -2.34. The van der Waals surface area contributed by atoms with Crippen molar-refractivity contribution < 1.29 is 4.79 Å². The molecule has 1 aliphatic heterocycles. The predicted octanol–water partition coefficient (Wildman–Crippen LogP) is 2.99. The van der Waals surface area contributed by atoms with Crippen LogP contribution in [0.3, 0.4) is 0 Å². The lowest BCUT2D eigenvalue weighted by atomic mass is 10.2. The van der Waals surface area contributed by atoms with Crippen molar-refractivity contribution in [1.82, 2.24) is 15.3 Å². The van der Waals surface area contributed by atoms with Gasteiger partial charge < -0.3 is 15.1 Å². The van der Waals surface area contributed by atoms with Crippen LogP contribution in [0.1, 0.15) is 30.3 Å². The van der Waals surface area contributed by atoms with Gasteiger partial charge in [0.15, 0.2) is 0 Å². The number of hydrogen-bond acceptors (Lipinski definition) is 5. The van der Waals surface area contributed by atoms with Crippen LogP contribution in [0.25, 0.3) is 0 Å². The summed E-state index contributed by atoms with van der Waals surface area (Å²) in [4.78, 5) is 25.1. The number of rotatable bonds is 6. The summed E-state index contributed by atoms with van der Waals surface area (Å²) in [6.07, 6.45) is 3.48. The molecule has 0 radical (unpaired) electrons. The third-order valence-electron chi connectivity index (χ3n) is 4.48. The third-order valence-corrected chi connectivity index (χ3v) is 4.71. The number of aromatic nitrogens is 2. The summed E-state index contributed by atoms with van der Waals surface area (Å²) in [6.45, 7) is 6.19. The molecule has 1 aromatic heterocycles. The van der Waals surface area contributed by atoms with Gasteiger partial charge in [-0.2, -0.15) is 0 Å². The molecule has 1 amide bonds. The topological polar surface area (TPSA) is 61.4 Å². The van der Waals surface area contributed by atoms with Crippen LogP contribution in [-0.2, 0) is 0 Å². The summed E-state index contributed by atoms with van der Waals surface area (Å²) < 4.78 is 0. The second-order valence-corrected chi connectivity index (χ2v) is 6.76. The molecule has 26 heavy (non-hydrogen) atoms. The molecule has 1 N–H and O–H groups in total. The molecular formula is C19H24ClN5O. The molecule has 1 fully saturated rings. The van der Waals surface area contributed by atoms with Crippen molar-refractivity contribution in [1.29, 1.82) is 0 Å². The maximum atomic E-state index is 12.2. The molecule has 2 heterocycles. The average Bonchev–Trinajstić information content (AvgIpc) is 2.68. The number of halogens is 1. The molecule has 0 spiro atoms. The lowest BCUT2D eigenvalue weighted by Gasteiger charge is -2.36. The van der Waals surface area contributed by atoms with Gasteiger partial charge in [0, 0.05) is 49.5 Å². The molecule has 0 atom stereocenters. The molecule has 3 rings (SSSR count). The highest BCUT2D eigenvalue weighted by Crippen LogP contribution is 2.22. The van der Waals surface area contributed by atoms with E-state index in [1.807, 2.05) is 18.2 Å². The quantitative estimate of drug-likeness (QED) is 0.789. The Morgan fingerprint density at radius 1 is 1.15 bits per heavy atom. The number of unbranched alkanes of at least 4 members (excludes halogenated alkanes) is 1. The number of carbonyl (C=O) groups excluding carboxylic acids is 1. The Kier molecular flexibility index (Phi) is 6.28. The van der Waals surface area contributed by atoms with Crippen LogP contribution in [0.5, 0.6) is 0 Å². The van der Waals surface area contributed by atoms with Gasteiger partial charge in [0.25, 0.3) is 5.91 Å². The summed E-state index contributed by atoms with van der Waals surface area (Å²) in [5.74, 6) is 0.658. The molecule has 0 bridgehead atoms. The van der Waals surface area contributed by atoms with Gasteiger partial charge in [0.05, 0.1) is 0 Å². The van der Waals surface area contributed by atoms with Gasteiger partial charge in [0.1, 0.15) is 17.8 Å². The van der Waals surface area contributed by atoms with E-state index in [0.29, 0.717) is 12.2 Å². The normalized spacial score (nSPS) is 14.4. The molecule has 1 saturated heterocycles. The van der Waals surface area contributed by atoms with Crippen LogP contribution in [-0.4, -0.2) is 48.6 Å². The summed E-state index contributed by atoms with van der Waals surface area (Å²) in [6, 6.07) is 9.69. The predicted molar refractivity (Wildman–Crippen MR) is 105 cm³/mol. The Balaban J connectivity index is 1.61. The van der Waals surface area contributed by atoms with Crippen LogP contribution in [0.4, 0.5) is 11.5 Å². The lowest BCUT2D eigenvalue weighted by molar-refractivity contribution is 0.0948. The standard InChI is InChI=1S/C19H24ClN5O/c1-2-3-7-21-19(26)17-13-18(23-14-22-17)25-10-8-24(9-11-25)16-6-4-5-15(20)12-16/h4-6,12-14H,2-3,7-11H2,1H3,(H,21,26). The first kappa shape index (κ1) is 18.5. The van der Waals surface area contributed by atoms with Crippen LogP contribution in [0, 0.1) is 0 Å². The smallest absolute Gasteiger partial charge is 0.270 e. The lowest BCUT2D eigenvalue weighted by Crippen LogP contribution is -2.47. The molecule has 0 aliphatic carbocycles. The van der Waals surface area contributed by atoms with Crippen molar-refractivity contribution in [2.45, 2.75) is 19.8 Å². The zero-order valence-corrected chi connectivity index (χ0v) is 15.7. The fourth-order valence-electron chi connectivity index (χ4n) is 2.98. The van der Waals surface area contributed by atoms with Gasteiger partial charge in [-0.1, -0.05) is 31.0 Å². The zero-order valence-electron chi connectivity index (χ0n) is 15.0. The Bertz CT molecular complexity index is 746. The van der Waals surface area contributed by atoms with Crippen LogP contribution in [0.2, 0.25) is 5.02 Å². The van der Waals surface area contributed by atoms with E-state index in [4.69, 9.17) is 11.6 Å². The van der Waals surface area contributed by atoms with Crippen molar-refractivity contribution >= 4 is 29.0 Å². The molecule has 6 nitrogen and oxygen atoms in total. The molecular weight excluding hydrogens is 350 g/mol.